The molecule has 0 amide bonds. The van der Waals surface area contributed by atoms with Gasteiger partial charge in [0, 0.05) is 4.47 Å². The molecule has 0 fully saturated rings. The van der Waals surface area contributed by atoms with E-state index < -0.39 is 5.82 Å². The van der Waals surface area contributed by atoms with Gasteiger partial charge in [0.2, 0.25) is 0 Å². The van der Waals surface area contributed by atoms with Gasteiger partial charge >= 0.3 is 0 Å². The van der Waals surface area contributed by atoms with Crippen molar-refractivity contribution >= 4 is 27.3 Å². The molecular weight excluding hydrogens is 295 g/mol. The third-order valence-electron chi connectivity index (χ3n) is 2.56. The minimum atomic E-state index is -0.442. The second-order valence-electron chi connectivity index (χ2n) is 3.87. The van der Waals surface area contributed by atoms with Crippen molar-refractivity contribution in [2.24, 2.45) is 0 Å². The van der Waals surface area contributed by atoms with Crippen LogP contribution in [0.4, 0.5) is 15.8 Å². The lowest BCUT2D eigenvalue weighted by molar-refractivity contribution is 0.631. The van der Waals surface area contributed by atoms with Gasteiger partial charge in [0.15, 0.2) is 0 Å². The summed E-state index contributed by atoms with van der Waals surface area (Å²) < 4.78 is 14.6. The highest BCUT2D eigenvalue weighted by Gasteiger charge is 2.07. The number of halogens is 2. The van der Waals surface area contributed by atoms with Gasteiger partial charge < -0.3 is 5.32 Å². The van der Waals surface area contributed by atoms with E-state index in [2.05, 4.69) is 21.2 Å². The van der Waals surface area contributed by atoms with Gasteiger partial charge in [-0.1, -0.05) is 12.1 Å². The molecule has 2 aromatic carbocycles. The summed E-state index contributed by atoms with van der Waals surface area (Å²) in [7, 11) is 0. The molecule has 0 atom stereocenters. The molecule has 0 spiro atoms. The molecular formula is C14H10BrFN2. The number of anilines is 2. The van der Waals surface area contributed by atoms with E-state index in [-0.39, 0.29) is 0 Å². The first kappa shape index (κ1) is 12.6. The second-order valence-corrected chi connectivity index (χ2v) is 4.66. The van der Waals surface area contributed by atoms with Crippen LogP contribution in [0, 0.1) is 24.1 Å². The molecule has 0 aliphatic heterocycles. The number of aryl methyl sites for hydroxylation is 1. The summed E-state index contributed by atoms with van der Waals surface area (Å²) in [5.74, 6) is -0.442. The summed E-state index contributed by atoms with van der Waals surface area (Å²) in [5.41, 5.74) is 2.51. The average molecular weight is 305 g/mol. The molecule has 2 aromatic rings. The molecule has 0 saturated heterocycles. The van der Waals surface area contributed by atoms with Crippen LogP contribution in [0.25, 0.3) is 0 Å². The van der Waals surface area contributed by atoms with Gasteiger partial charge in [-0.15, -0.1) is 0 Å². The van der Waals surface area contributed by atoms with E-state index in [1.807, 2.05) is 31.2 Å². The maximum Gasteiger partial charge on any atom is 0.147 e. The first-order chi connectivity index (χ1) is 8.61. The second kappa shape index (κ2) is 5.19. The summed E-state index contributed by atoms with van der Waals surface area (Å²) in [5, 5.41) is 11.7. The van der Waals surface area contributed by atoms with Gasteiger partial charge in [-0.05, 0) is 52.7 Å². The summed E-state index contributed by atoms with van der Waals surface area (Å²) >= 11 is 3.45. The fraction of sp³-hybridized carbons (Fsp3) is 0.0714. The van der Waals surface area contributed by atoms with Gasteiger partial charge in [0.25, 0.3) is 0 Å². The van der Waals surface area contributed by atoms with Crippen LogP contribution in [0.15, 0.2) is 40.9 Å². The van der Waals surface area contributed by atoms with Crippen LogP contribution < -0.4 is 5.32 Å². The molecule has 0 aromatic heterocycles. The van der Waals surface area contributed by atoms with E-state index in [9.17, 15) is 4.39 Å². The predicted molar refractivity (Wildman–Crippen MR) is 73.3 cm³/mol. The summed E-state index contributed by atoms with van der Waals surface area (Å²) in [4.78, 5) is 0. The highest BCUT2D eigenvalue weighted by molar-refractivity contribution is 9.10. The molecule has 0 aliphatic carbocycles. The lowest BCUT2D eigenvalue weighted by atomic mass is 10.2. The molecule has 0 heterocycles. The van der Waals surface area contributed by atoms with Crippen LogP contribution in [0.1, 0.15) is 11.1 Å². The van der Waals surface area contributed by atoms with Crippen molar-refractivity contribution in [2.45, 2.75) is 6.92 Å². The Morgan fingerprint density at radius 1 is 1.22 bits per heavy atom. The van der Waals surface area contributed by atoms with Crippen molar-refractivity contribution in [1.82, 2.24) is 0 Å². The summed E-state index contributed by atoms with van der Waals surface area (Å²) in [6.07, 6.45) is 0. The first-order valence-electron chi connectivity index (χ1n) is 5.33. The first-order valence-corrected chi connectivity index (χ1v) is 6.13. The standard InChI is InChI=1S/C14H10BrFN2/c1-9-3-2-4-13(14(9)15)18-12-6-5-10(8-17)7-11(12)16/h2-7,18H,1H3. The van der Waals surface area contributed by atoms with Crippen LogP contribution in [-0.4, -0.2) is 0 Å². The molecule has 2 rings (SSSR count). The van der Waals surface area contributed by atoms with E-state index in [0.717, 1.165) is 15.7 Å². The van der Waals surface area contributed by atoms with Gasteiger partial charge in [0.05, 0.1) is 23.0 Å². The van der Waals surface area contributed by atoms with Gasteiger partial charge in [-0.25, -0.2) is 4.39 Å². The van der Waals surface area contributed by atoms with Crippen LogP contribution in [-0.2, 0) is 0 Å². The summed E-state index contributed by atoms with van der Waals surface area (Å²) in [6.45, 7) is 1.96. The Kier molecular flexibility index (Phi) is 3.63. The van der Waals surface area contributed by atoms with Crippen molar-refractivity contribution in [2.75, 3.05) is 5.32 Å². The van der Waals surface area contributed by atoms with Crippen molar-refractivity contribution in [3.8, 4) is 6.07 Å². The molecule has 2 nitrogen and oxygen atoms in total. The van der Waals surface area contributed by atoms with Crippen molar-refractivity contribution < 1.29 is 4.39 Å². The van der Waals surface area contributed by atoms with Crippen LogP contribution >= 0.6 is 15.9 Å². The zero-order valence-electron chi connectivity index (χ0n) is 9.67. The maximum absolute atomic E-state index is 13.7. The summed E-state index contributed by atoms with van der Waals surface area (Å²) in [6, 6.07) is 12.0. The number of nitriles is 1. The van der Waals surface area contributed by atoms with Crippen molar-refractivity contribution in [1.29, 1.82) is 5.26 Å². The van der Waals surface area contributed by atoms with Crippen LogP contribution in [0.5, 0.6) is 0 Å². The number of hydrogen-bond donors (Lipinski definition) is 1. The van der Waals surface area contributed by atoms with Crippen molar-refractivity contribution in [3.05, 3.63) is 57.8 Å². The highest BCUT2D eigenvalue weighted by atomic mass is 79.9. The number of rotatable bonds is 2. The lowest BCUT2D eigenvalue weighted by Gasteiger charge is -2.11. The number of hydrogen-bond acceptors (Lipinski definition) is 2. The monoisotopic (exact) mass is 304 g/mol. The Balaban J connectivity index is 2.35. The molecule has 4 heteroatoms. The molecule has 0 saturated carbocycles. The third kappa shape index (κ3) is 2.52. The predicted octanol–water partition coefficient (Wildman–Crippen LogP) is 4.51. The smallest absolute Gasteiger partial charge is 0.147 e. The Morgan fingerprint density at radius 3 is 2.67 bits per heavy atom. The van der Waals surface area contributed by atoms with Crippen LogP contribution in [0.3, 0.4) is 0 Å². The average Bonchev–Trinajstić information content (AvgIpc) is 2.37. The Hall–Kier alpha value is -1.86. The van der Waals surface area contributed by atoms with E-state index in [4.69, 9.17) is 5.26 Å². The Morgan fingerprint density at radius 2 is 2.00 bits per heavy atom. The minimum absolute atomic E-state index is 0.307. The van der Waals surface area contributed by atoms with E-state index in [0.29, 0.717) is 11.3 Å². The molecule has 18 heavy (non-hydrogen) atoms. The molecule has 90 valence electrons. The normalized spacial score (nSPS) is 9.89. The zero-order chi connectivity index (χ0) is 13.1. The fourth-order valence-electron chi connectivity index (χ4n) is 1.58. The maximum atomic E-state index is 13.7. The largest absolute Gasteiger partial charge is 0.352 e. The SMILES string of the molecule is Cc1cccc(Nc2ccc(C#N)cc2F)c1Br. The fourth-order valence-corrected chi connectivity index (χ4v) is 1.94. The minimum Gasteiger partial charge on any atom is -0.352 e. The number of nitrogens with zero attached hydrogens (tertiary/aromatic N) is 1. The molecule has 1 N–H and O–H groups in total. The topological polar surface area (TPSA) is 35.8 Å². The number of nitrogens with one attached hydrogen (secondary N) is 1. The van der Waals surface area contributed by atoms with Crippen molar-refractivity contribution in [3.63, 3.8) is 0 Å². The molecule has 0 aliphatic rings. The van der Waals surface area contributed by atoms with Gasteiger partial charge in [0.1, 0.15) is 5.82 Å². The lowest BCUT2D eigenvalue weighted by Crippen LogP contribution is -1.96. The molecule has 0 unspecified atom stereocenters. The van der Waals surface area contributed by atoms with Gasteiger partial charge in [-0.2, -0.15) is 5.26 Å². The van der Waals surface area contributed by atoms with E-state index >= 15 is 0 Å². The highest BCUT2D eigenvalue weighted by Crippen LogP contribution is 2.29. The third-order valence-corrected chi connectivity index (χ3v) is 3.61. The molecule has 0 bridgehead atoms. The quantitative estimate of drug-likeness (QED) is 0.886. The number of benzene rings is 2. The Bertz CT molecular complexity index is 632. The van der Waals surface area contributed by atoms with Gasteiger partial charge in [-0.3, -0.25) is 0 Å². The zero-order valence-corrected chi connectivity index (χ0v) is 11.3. The van der Waals surface area contributed by atoms with E-state index in [1.165, 1.54) is 6.07 Å². The molecule has 0 radical (unpaired) electrons. The van der Waals surface area contributed by atoms with E-state index in [1.54, 1.807) is 12.1 Å². The van der Waals surface area contributed by atoms with Crippen LogP contribution in [0.2, 0.25) is 0 Å². The Labute approximate surface area is 113 Å².